The van der Waals surface area contributed by atoms with Crippen molar-refractivity contribution in [3.8, 4) is 0 Å². The molecular weight excluding hydrogens is 358 g/mol. The summed E-state index contributed by atoms with van der Waals surface area (Å²) in [5, 5.41) is 12.8. The van der Waals surface area contributed by atoms with Crippen LogP contribution >= 0.6 is 27.3 Å². The van der Waals surface area contributed by atoms with Gasteiger partial charge in [-0.05, 0) is 28.4 Å². The zero-order valence-corrected chi connectivity index (χ0v) is 13.1. The minimum atomic E-state index is -3.27. The van der Waals surface area contributed by atoms with Gasteiger partial charge in [-0.3, -0.25) is 4.79 Å². The number of sulfone groups is 1. The second kappa shape index (κ2) is 6.49. The van der Waals surface area contributed by atoms with E-state index in [9.17, 15) is 18.0 Å². The molecule has 2 N–H and O–H groups in total. The van der Waals surface area contributed by atoms with Crippen LogP contribution in [0, 0.1) is 0 Å². The number of carboxylic acids is 1. The van der Waals surface area contributed by atoms with E-state index >= 15 is 0 Å². The summed E-state index contributed by atoms with van der Waals surface area (Å²) in [7, 11) is -3.27. The highest BCUT2D eigenvalue weighted by Crippen LogP contribution is 2.20. The molecule has 0 aliphatic heterocycles. The second-order valence-electron chi connectivity index (χ2n) is 3.92. The third-order valence-corrected chi connectivity index (χ3v) is 4.69. The quantitative estimate of drug-likeness (QED) is 0.782. The van der Waals surface area contributed by atoms with Crippen LogP contribution in [0.2, 0.25) is 0 Å². The first-order valence-corrected chi connectivity index (χ1v) is 8.88. The van der Waals surface area contributed by atoms with Crippen molar-refractivity contribution in [3.63, 3.8) is 0 Å². The molecule has 19 heavy (non-hydrogen) atoms. The third-order valence-electron chi connectivity index (χ3n) is 2.21. The smallest absolute Gasteiger partial charge is 0.326 e. The SMILES string of the molecule is CS(=O)(=O)CCC(NC(=O)c1csc(Br)c1)C(=O)O. The van der Waals surface area contributed by atoms with E-state index in [-0.39, 0.29) is 12.2 Å². The number of carbonyl (C=O) groups excluding carboxylic acids is 1. The summed E-state index contributed by atoms with van der Waals surface area (Å²) in [5.41, 5.74) is 0.336. The summed E-state index contributed by atoms with van der Waals surface area (Å²) in [4.78, 5) is 22.7. The van der Waals surface area contributed by atoms with E-state index < -0.39 is 27.8 Å². The molecule has 1 amide bonds. The Kier molecular flexibility index (Phi) is 5.50. The molecule has 106 valence electrons. The molecule has 1 atom stereocenters. The van der Waals surface area contributed by atoms with Gasteiger partial charge in [0.2, 0.25) is 0 Å². The Balaban J connectivity index is 2.68. The first-order valence-electron chi connectivity index (χ1n) is 5.14. The molecule has 0 aliphatic carbocycles. The molecule has 1 aromatic rings. The van der Waals surface area contributed by atoms with Gasteiger partial charge >= 0.3 is 5.97 Å². The van der Waals surface area contributed by atoms with Crippen molar-refractivity contribution in [2.75, 3.05) is 12.0 Å². The lowest BCUT2D eigenvalue weighted by molar-refractivity contribution is -0.139. The topological polar surface area (TPSA) is 101 Å². The van der Waals surface area contributed by atoms with E-state index in [0.717, 1.165) is 10.0 Å². The lowest BCUT2D eigenvalue weighted by atomic mass is 10.2. The van der Waals surface area contributed by atoms with E-state index in [1.807, 2.05) is 0 Å². The first kappa shape index (κ1) is 16.1. The maximum Gasteiger partial charge on any atom is 0.326 e. The molecule has 0 aliphatic rings. The number of halogens is 1. The maximum absolute atomic E-state index is 11.8. The standard InChI is InChI=1S/C10H12BrNO5S2/c1-19(16,17)3-2-7(10(14)15)12-9(13)6-4-8(11)18-5-6/h4-5,7H,2-3H2,1H3,(H,12,13)(H,14,15). The molecule has 1 unspecified atom stereocenters. The van der Waals surface area contributed by atoms with Crippen molar-refractivity contribution in [2.45, 2.75) is 12.5 Å². The molecule has 0 spiro atoms. The van der Waals surface area contributed by atoms with Crippen molar-refractivity contribution in [2.24, 2.45) is 0 Å². The number of hydrogen-bond donors (Lipinski definition) is 2. The maximum atomic E-state index is 11.8. The van der Waals surface area contributed by atoms with Crippen molar-refractivity contribution in [1.82, 2.24) is 5.32 Å². The Morgan fingerprint density at radius 1 is 1.53 bits per heavy atom. The summed E-state index contributed by atoms with van der Waals surface area (Å²) in [5.74, 6) is -2.09. The van der Waals surface area contributed by atoms with Gasteiger partial charge in [-0.2, -0.15) is 0 Å². The van der Waals surface area contributed by atoms with Crippen LogP contribution in [-0.2, 0) is 14.6 Å². The lowest BCUT2D eigenvalue weighted by Gasteiger charge is -2.13. The average molecular weight is 370 g/mol. The molecule has 1 aromatic heterocycles. The van der Waals surface area contributed by atoms with Crippen LogP contribution in [0.4, 0.5) is 0 Å². The molecule has 0 saturated heterocycles. The summed E-state index contributed by atoms with van der Waals surface area (Å²) < 4.78 is 22.8. The van der Waals surface area contributed by atoms with Crippen molar-refractivity contribution in [3.05, 3.63) is 20.8 Å². The fraction of sp³-hybridized carbons (Fsp3) is 0.400. The number of carboxylic acid groups (broad SMARTS) is 1. The van der Waals surface area contributed by atoms with Gasteiger partial charge in [-0.15, -0.1) is 11.3 Å². The predicted molar refractivity (Wildman–Crippen MR) is 75.2 cm³/mol. The van der Waals surface area contributed by atoms with E-state index in [2.05, 4.69) is 21.2 Å². The molecule has 6 nitrogen and oxygen atoms in total. The van der Waals surface area contributed by atoms with Gasteiger partial charge < -0.3 is 10.4 Å². The van der Waals surface area contributed by atoms with Crippen molar-refractivity contribution < 1.29 is 23.1 Å². The van der Waals surface area contributed by atoms with E-state index in [0.29, 0.717) is 5.56 Å². The lowest BCUT2D eigenvalue weighted by Crippen LogP contribution is -2.41. The van der Waals surface area contributed by atoms with Gasteiger partial charge in [0.25, 0.3) is 5.91 Å². The largest absolute Gasteiger partial charge is 0.480 e. The van der Waals surface area contributed by atoms with Crippen LogP contribution in [0.15, 0.2) is 15.2 Å². The third kappa shape index (κ3) is 5.70. The van der Waals surface area contributed by atoms with E-state index in [1.165, 1.54) is 11.3 Å². The number of amides is 1. The minimum absolute atomic E-state index is 0.161. The number of nitrogens with one attached hydrogen (secondary N) is 1. The fourth-order valence-corrected chi connectivity index (χ4v) is 3.06. The molecule has 0 bridgehead atoms. The van der Waals surface area contributed by atoms with Crippen LogP contribution < -0.4 is 5.32 Å². The zero-order chi connectivity index (χ0) is 14.6. The highest BCUT2D eigenvalue weighted by molar-refractivity contribution is 9.11. The summed E-state index contributed by atoms with van der Waals surface area (Å²) in [6, 6.07) is 0.344. The average Bonchev–Trinajstić information content (AvgIpc) is 2.69. The molecule has 0 radical (unpaired) electrons. The van der Waals surface area contributed by atoms with Crippen molar-refractivity contribution >= 4 is 49.0 Å². The van der Waals surface area contributed by atoms with Gasteiger partial charge in [-0.25, -0.2) is 13.2 Å². The van der Waals surface area contributed by atoms with Crippen LogP contribution in [0.5, 0.6) is 0 Å². The van der Waals surface area contributed by atoms with Crippen molar-refractivity contribution in [1.29, 1.82) is 0 Å². The highest BCUT2D eigenvalue weighted by atomic mass is 79.9. The summed E-state index contributed by atoms with van der Waals surface area (Å²) >= 11 is 4.49. The van der Waals surface area contributed by atoms with Gasteiger partial charge in [0.15, 0.2) is 0 Å². The minimum Gasteiger partial charge on any atom is -0.480 e. The van der Waals surface area contributed by atoms with E-state index in [1.54, 1.807) is 11.4 Å². The van der Waals surface area contributed by atoms with Gasteiger partial charge in [0, 0.05) is 11.6 Å². The number of carbonyl (C=O) groups is 2. The monoisotopic (exact) mass is 369 g/mol. The number of rotatable bonds is 6. The normalized spacial score (nSPS) is 12.9. The van der Waals surface area contributed by atoms with Crippen LogP contribution in [0.25, 0.3) is 0 Å². The number of aliphatic carboxylic acids is 1. The summed E-state index contributed by atoms with van der Waals surface area (Å²) in [6.07, 6.45) is 0.856. The van der Waals surface area contributed by atoms with Crippen LogP contribution in [0.3, 0.4) is 0 Å². The Morgan fingerprint density at radius 3 is 2.58 bits per heavy atom. The zero-order valence-electron chi connectivity index (χ0n) is 9.92. The second-order valence-corrected chi connectivity index (χ2v) is 8.47. The molecule has 9 heteroatoms. The highest BCUT2D eigenvalue weighted by Gasteiger charge is 2.22. The Morgan fingerprint density at radius 2 is 2.16 bits per heavy atom. The molecular formula is C10H12BrNO5S2. The number of thiophene rings is 1. The fourth-order valence-electron chi connectivity index (χ4n) is 1.26. The summed E-state index contributed by atoms with van der Waals surface area (Å²) in [6.45, 7) is 0. The van der Waals surface area contributed by atoms with Crippen LogP contribution in [0.1, 0.15) is 16.8 Å². The molecule has 0 aromatic carbocycles. The molecule has 1 heterocycles. The van der Waals surface area contributed by atoms with Gasteiger partial charge in [-0.1, -0.05) is 0 Å². The molecule has 0 fully saturated rings. The number of hydrogen-bond acceptors (Lipinski definition) is 5. The molecule has 0 saturated carbocycles. The van der Waals surface area contributed by atoms with Gasteiger partial charge in [0.1, 0.15) is 15.9 Å². The predicted octanol–water partition coefficient (Wildman–Crippen LogP) is 1.13. The molecule has 1 rings (SSSR count). The van der Waals surface area contributed by atoms with E-state index in [4.69, 9.17) is 5.11 Å². The Hall–Kier alpha value is -0.930. The van der Waals surface area contributed by atoms with Gasteiger partial charge in [0.05, 0.1) is 15.1 Å². The van der Waals surface area contributed by atoms with Crippen LogP contribution in [-0.4, -0.2) is 43.5 Å². The first-order chi connectivity index (χ1) is 8.69. The Bertz CT molecular complexity index is 580. The Labute approximate surface area is 122 Å².